The Labute approximate surface area is 191 Å². The lowest BCUT2D eigenvalue weighted by Gasteiger charge is -2.48. The summed E-state index contributed by atoms with van der Waals surface area (Å²) in [6.45, 7) is 11.4. The Hall–Kier alpha value is -2.66. The molecule has 1 unspecified atom stereocenters. The van der Waals surface area contributed by atoms with E-state index < -0.39 is 0 Å². The van der Waals surface area contributed by atoms with Gasteiger partial charge in [-0.3, -0.25) is 0 Å². The molecule has 32 heavy (non-hydrogen) atoms. The van der Waals surface area contributed by atoms with Crippen molar-refractivity contribution < 1.29 is 4.42 Å². The van der Waals surface area contributed by atoms with Gasteiger partial charge in [0.2, 0.25) is 0 Å². The summed E-state index contributed by atoms with van der Waals surface area (Å²) in [5.41, 5.74) is 5.99. The number of rotatable bonds is 2. The molecule has 4 aromatic rings. The number of thiazole rings is 1. The van der Waals surface area contributed by atoms with Gasteiger partial charge in [-0.1, -0.05) is 39.8 Å². The van der Waals surface area contributed by atoms with Crippen LogP contribution in [0.1, 0.15) is 58.1 Å². The van der Waals surface area contributed by atoms with Gasteiger partial charge < -0.3 is 9.32 Å². The van der Waals surface area contributed by atoms with Crippen molar-refractivity contribution in [2.75, 3.05) is 18.0 Å². The van der Waals surface area contributed by atoms with E-state index in [9.17, 15) is 4.79 Å². The summed E-state index contributed by atoms with van der Waals surface area (Å²) in [6, 6.07) is 12.3. The van der Waals surface area contributed by atoms with Crippen LogP contribution in [0.15, 0.2) is 45.6 Å². The van der Waals surface area contributed by atoms with Crippen molar-refractivity contribution in [2.24, 2.45) is 0 Å². The smallest absolute Gasteiger partial charge is 0.346 e. The Bertz CT molecular complexity index is 1410. The van der Waals surface area contributed by atoms with E-state index in [1.165, 1.54) is 16.8 Å². The van der Waals surface area contributed by atoms with Crippen molar-refractivity contribution in [3.05, 3.63) is 57.9 Å². The summed E-state index contributed by atoms with van der Waals surface area (Å²) in [6.07, 6.45) is 3.24. The number of para-hydroxylation sites is 1. The first-order valence-electron chi connectivity index (χ1n) is 11.6. The monoisotopic (exact) mass is 444 g/mol. The summed E-state index contributed by atoms with van der Waals surface area (Å²) in [4.78, 5) is 20.5. The Morgan fingerprint density at radius 3 is 2.69 bits per heavy atom. The topological polar surface area (TPSA) is 46.3 Å². The first-order chi connectivity index (χ1) is 15.3. The molecule has 0 bridgehead atoms. The van der Waals surface area contributed by atoms with Gasteiger partial charge in [-0.25, -0.2) is 9.78 Å². The van der Waals surface area contributed by atoms with Gasteiger partial charge in [0.05, 0.1) is 15.8 Å². The zero-order valence-corrected chi connectivity index (χ0v) is 19.9. The molecule has 0 saturated carbocycles. The minimum Gasteiger partial charge on any atom is -0.422 e. The van der Waals surface area contributed by atoms with Crippen molar-refractivity contribution in [1.82, 2.24) is 4.98 Å². The van der Waals surface area contributed by atoms with Crippen LogP contribution in [0.25, 0.3) is 31.8 Å². The summed E-state index contributed by atoms with van der Waals surface area (Å²) >= 11 is 1.55. The van der Waals surface area contributed by atoms with E-state index in [0.717, 1.165) is 58.5 Å². The maximum absolute atomic E-state index is 13.3. The predicted octanol–water partition coefficient (Wildman–Crippen LogP) is 6.63. The molecule has 1 atom stereocenters. The molecule has 0 amide bonds. The first kappa shape index (κ1) is 20.0. The standard InChI is InChI=1S/C27H28N2O2S/c1-5-27(4)11-13-29-12-10-26(2,3)18-15-16-14-17(25(30)31-23(16)21(27)22(18)29)24-28-19-8-6-7-9-20(19)32-24/h6-9,14-15H,5,10-13H2,1-4H3. The molecule has 0 radical (unpaired) electrons. The second-order valence-corrected chi connectivity index (χ2v) is 11.3. The molecule has 2 aromatic carbocycles. The molecule has 4 heterocycles. The number of anilines is 1. The third kappa shape index (κ3) is 2.73. The number of hydrogen-bond donors (Lipinski definition) is 0. The van der Waals surface area contributed by atoms with E-state index in [2.05, 4.69) is 38.7 Å². The van der Waals surface area contributed by atoms with Gasteiger partial charge in [0.25, 0.3) is 0 Å². The Morgan fingerprint density at radius 1 is 1.12 bits per heavy atom. The number of hydrogen-bond acceptors (Lipinski definition) is 5. The van der Waals surface area contributed by atoms with Crippen molar-refractivity contribution in [3.63, 3.8) is 0 Å². The molecule has 0 aliphatic carbocycles. The fourth-order valence-electron chi connectivity index (χ4n) is 5.54. The van der Waals surface area contributed by atoms with E-state index in [4.69, 9.17) is 9.40 Å². The number of fused-ring (bicyclic) bond motifs is 3. The van der Waals surface area contributed by atoms with Gasteiger partial charge in [0.15, 0.2) is 0 Å². The van der Waals surface area contributed by atoms with Crippen LogP contribution in [0.5, 0.6) is 0 Å². The molecule has 5 heteroatoms. The van der Waals surface area contributed by atoms with Gasteiger partial charge in [0.1, 0.15) is 10.6 Å². The van der Waals surface area contributed by atoms with Gasteiger partial charge in [-0.05, 0) is 59.9 Å². The quantitative estimate of drug-likeness (QED) is 0.326. The highest BCUT2D eigenvalue weighted by molar-refractivity contribution is 7.21. The molecule has 2 aliphatic heterocycles. The summed E-state index contributed by atoms with van der Waals surface area (Å²) < 4.78 is 7.24. The van der Waals surface area contributed by atoms with Gasteiger partial charge in [-0.15, -0.1) is 11.3 Å². The molecular formula is C27H28N2O2S. The van der Waals surface area contributed by atoms with Crippen molar-refractivity contribution in [3.8, 4) is 10.6 Å². The number of aromatic nitrogens is 1. The number of nitrogens with zero attached hydrogens (tertiary/aromatic N) is 2. The molecular weight excluding hydrogens is 416 g/mol. The normalized spacial score (nSPS) is 21.8. The van der Waals surface area contributed by atoms with Crippen LogP contribution in [0.3, 0.4) is 0 Å². The van der Waals surface area contributed by atoms with Gasteiger partial charge in [0, 0.05) is 29.7 Å². The van der Waals surface area contributed by atoms with E-state index >= 15 is 0 Å². The summed E-state index contributed by atoms with van der Waals surface area (Å²) in [5, 5.41) is 1.75. The van der Waals surface area contributed by atoms with Crippen LogP contribution in [-0.4, -0.2) is 18.1 Å². The molecule has 2 aliphatic rings. The summed E-state index contributed by atoms with van der Waals surface area (Å²) in [5.74, 6) is 0. The molecule has 4 nitrogen and oxygen atoms in total. The minimum absolute atomic E-state index is 0.000826. The maximum atomic E-state index is 13.3. The second kappa shape index (κ2) is 6.67. The molecule has 0 saturated heterocycles. The van der Waals surface area contributed by atoms with E-state index in [-0.39, 0.29) is 16.5 Å². The average molecular weight is 445 g/mol. The van der Waals surface area contributed by atoms with Crippen molar-refractivity contribution >= 4 is 38.2 Å². The maximum Gasteiger partial charge on any atom is 0.346 e. The number of benzene rings is 2. The second-order valence-electron chi connectivity index (χ2n) is 10.3. The van der Waals surface area contributed by atoms with Crippen LogP contribution in [0.2, 0.25) is 0 Å². The van der Waals surface area contributed by atoms with Crippen molar-refractivity contribution in [1.29, 1.82) is 0 Å². The van der Waals surface area contributed by atoms with Gasteiger partial charge in [-0.2, -0.15) is 0 Å². The molecule has 0 N–H and O–H groups in total. The van der Waals surface area contributed by atoms with Crippen LogP contribution in [0, 0.1) is 0 Å². The molecule has 2 aromatic heterocycles. The van der Waals surface area contributed by atoms with Crippen LogP contribution in [0.4, 0.5) is 5.69 Å². The fraction of sp³-hybridized carbons (Fsp3) is 0.407. The highest BCUT2D eigenvalue weighted by Crippen LogP contribution is 2.52. The molecule has 164 valence electrons. The largest absolute Gasteiger partial charge is 0.422 e. The lowest BCUT2D eigenvalue weighted by Crippen LogP contribution is -2.45. The first-order valence-corrected chi connectivity index (χ1v) is 12.4. The Balaban J connectivity index is 1.68. The molecule has 6 rings (SSSR count). The van der Waals surface area contributed by atoms with E-state index in [1.807, 2.05) is 30.3 Å². The van der Waals surface area contributed by atoms with Crippen LogP contribution in [-0.2, 0) is 10.8 Å². The highest BCUT2D eigenvalue weighted by Gasteiger charge is 2.43. The molecule has 0 spiro atoms. The lowest BCUT2D eigenvalue weighted by atomic mass is 9.67. The average Bonchev–Trinajstić information content (AvgIpc) is 3.21. The van der Waals surface area contributed by atoms with E-state index in [0.29, 0.717) is 5.56 Å². The zero-order valence-electron chi connectivity index (χ0n) is 19.1. The van der Waals surface area contributed by atoms with Gasteiger partial charge >= 0.3 is 5.63 Å². The van der Waals surface area contributed by atoms with Crippen LogP contribution < -0.4 is 10.5 Å². The van der Waals surface area contributed by atoms with Crippen LogP contribution >= 0.6 is 11.3 Å². The predicted molar refractivity (Wildman–Crippen MR) is 133 cm³/mol. The Kier molecular flexibility index (Phi) is 4.17. The summed E-state index contributed by atoms with van der Waals surface area (Å²) in [7, 11) is 0. The lowest BCUT2D eigenvalue weighted by molar-refractivity contribution is 0.370. The van der Waals surface area contributed by atoms with E-state index in [1.54, 1.807) is 11.3 Å². The third-order valence-electron chi connectivity index (χ3n) is 7.89. The minimum atomic E-state index is -0.293. The third-order valence-corrected chi connectivity index (χ3v) is 8.96. The molecule has 0 fully saturated rings. The zero-order chi connectivity index (χ0) is 22.3. The van der Waals surface area contributed by atoms with Crippen molar-refractivity contribution in [2.45, 2.75) is 57.8 Å². The Morgan fingerprint density at radius 2 is 1.91 bits per heavy atom. The highest BCUT2D eigenvalue weighted by atomic mass is 32.1. The fourth-order valence-corrected chi connectivity index (χ4v) is 6.51. The SMILES string of the molecule is CCC1(C)CCN2CCC(C)(C)c3cc4cc(-c5nc6ccccc6s5)c(=O)oc4c1c32.